The molecule has 146 valence electrons. The SMILES string of the molecule is CN(C)S(=O)(=O)c1ccccc1CNC(=O)c1ccc(-c2ccc(Cl)cc2)s1. The van der Waals surface area contributed by atoms with Gasteiger partial charge >= 0.3 is 0 Å². The molecule has 0 atom stereocenters. The van der Waals surface area contributed by atoms with Crippen LogP contribution in [0.1, 0.15) is 15.2 Å². The molecule has 1 amide bonds. The second-order valence-corrected chi connectivity index (χ2v) is 9.89. The van der Waals surface area contributed by atoms with Crippen LogP contribution >= 0.6 is 22.9 Å². The first-order valence-corrected chi connectivity index (χ1v) is 11.1. The molecule has 0 spiro atoms. The molecule has 2 aromatic carbocycles. The van der Waals surface area contributed by atoms with Gasteiger partial charge in [-0.2, -0.15) is 0 Å². The third-order valence-corrected chi connectivity index (χ3v) is 7.43. The van der Waals surface area contributed by atoms with E-state index in [4.69, 9.17) is 11.6 Å². The number of nitrogens with one attached hydrogen (secondary N) is 1. The van der Waals surface area contributed by atoms with Crippen LogP contribution in [0.5, 0.6) is 0 Å². The predicted molar refractivity (Wildman–Crippen MR) is 113 cm³/mol. The van der Waals surface area contributed by atoms with E-state index in [1.165, 1.54) is 25.4 Å². The number of rotatable bonds is 6. The van der Waals surface area contributed by atoms with Crippen molar-refractivity contribution in [2.75, 3.05) is 14.1 Å². The van der Waals surface area contributed by atoms with Crippen molar-refractivity contribution in [1.82, 2.24) is 9.62 Å². The number of benzene rings is 2. The molecule has 0 fully saturated rings. The Bertz CT molecular complexity index is 1090. The lowest BCUT2D eigenvalue weighted by Gasteiger charge is -2.15. The maximum Gasteiger partial charge on any atom is 0.261 e. The lowest BCUT2D eigenvalue weighted by molar-refractivity contribution is 0.0954. The summed E-state index contributed by atoms with van der Waals surface area (Å²) in [4.78, 5) is 14.2. The van der Waals surface area contributed by atoms with Crippen molar-refractivity contribution in [3.05, 3.63) is 76.1 Å². The Labute approximate surface area is 173 Å². The molecule has 28 heavy (non-hydrogen) atoms. The Hall–Kier alpha value is -2.19. The van der Waals surface area contributed by atoms with E-state index in [1.54, 1.807) is 42.5 Å². The maximum atomic E-state index is 12.5. The second-order valence-electron chi connectivity index (χ2n) is 6.25. The number of hydrogen-bond acceptors (Lipinski definition) is 4. The van der Waals surface area contributed by atoms with Crippen LogP contribution in [0.2, 0.25) is 5.02 Å². The minimum atomic E-state index is -3.58. The Morgan fingerprint density at radius 1 is 1.04 bits per heavy atom. The van der Waals surface area contributed by atoms with Crippen LogP contribution in [0.3, 0.4) is 0 Å². The molecule has 1 aromatic heterocycles. The third-order valence-electron chi connectivity index (χ3n) is 4.13. The number of hydrogen-bond donors (Lipinski definition) is 1. The summed E-state index contributed by atoms with van der Waals surface area (Å²) in [5.74, 6) is -0.248. The first-order valence-electron chi connectivity index (χ1n) is 8.43. The molecule has 8 heteroatoms. The molecule has 1 N–H and O–H groups in total. The van der Waals surface area contributed by atoms with E-state index in [1.807, 2.05) is 18.2 Å². The summed E-state index contributed by atoms with van der Waals surface area (Å²) >= 11 is 7.28. The highest BCUT2D eigenvalue weighted by Gasteiger charge is 2.21. The number of amides is 1. The fraction of sp³-hybridized carbons (Fsp3) is 0.150. The first kappa shape index (κ1) is 20.5. The molecule has 5 nitrogen and oxygen atoms in total. The van der Waals surface area contributed by atoms with Crippen LogP contribution in [0.4, 0.5) is 0 Å². The lowest BCUT2D eigenvalue weighted by Crippen LogP contribution is -2.26. The molecule has 0 saturated carbocycles. The number of thiophene rings is 1. The van der Waals surface area contributed by atoms with E-state index >= 15 is 0 Å². The topological polar surface area (TPSA) is 66.5 Å². The zero-order valence-electron chi connectivity index (χ0n) is 15.3. The van der Waals surface area contributed by atoms with Gasteiger partial charge in [-0.15, -0.1) is 11.3 Å². The van der Waals surface area contributed by atoms with Gasteiger partial charge in [0, 0.05) is 30.5 Å². The summed E-state index contributed by atoms with van der Waals surface area (Å²) in [7, 11) is -0.620. The van der Waals surface area contributed by atoms with Gasteiger partial charge in [-0.3, -0.25) is 4.79 Å². The van der Waals surface area contributed by atoms with Crippen molar-refractivity contribution in [1.29, 1.82) is 0 Å². The second kappa shape index (κ2) is 8.45. The van der Waals surface area contributed by atoms with Crippen LogP contribution in [0.15, 0.2) is 65.6 Å². The third kappa shape index (κ3) is 4.44. The maximum absolute atomic E-state index is 12.5. The number of halogens is 1. The Kier molecular flexibility index (Phi) is 6.20. The highest BCUT2D eigenvalue weighted by Crippen LogP contribution is 2.29. The smallest absolute Gasteiger partial charge is 0.261 e. The molecular weight excluding hydrogens is 416 g/mol. The van der Waals surface area contributed by atoms with Crippen LogP contribution < -0.4 is 5.32 Å². The predicted octanol–water partition coefficient (Wildman–Crippen LogP) is 4.25. The number of carbonyl (C=O) groups is 1. The van der Waals surface area contributed by atoms with Crippen molar-refractivity contribution in [3.63, 3.8) is 0 Å². The number of carbonyl (C=O) groups excluding carboxylic acids is 1. The van der Waals surface area contributed by atoms with Gasteiger partial charge in [-0.05, 0) is 41.5 Å². The van der Waals surface area contributed by atoms with Crippen LogP contribution in [0.25, 0.3) is 10.4 Å². The van der Waals surface area contributed by atoms with Crippen molar-refractivity contribution < 1.29 is 13.2 Å². The summed E-state index contributed by atoms with van der Waals surface area (Å²) in [6, 6.07) is 17.7. The lowest BCUT2D eigenvalue weighted by atomic mass is 10.2. The molecule has 1 heterocycles. The number of nitrogens with zero attached hydrogens (tertiary/aromatic N) is 1. The standard InChI is InChI=1S/C20H19ClN2O3S2/c1-23(2)28(25,26)19-6-4-3-5-15(19)13-22-20(24)18-12-11-17(27-18)14-7-9-16(21)10-8-14/h3-12H,13H2,1-2H3,(H,22,24). The minimum absolute atomic E-state index is 0.121. The van der Waals surface area contributed by atoms with E-state index in [9.17, 15) is 13.2 Å². The van der Waals surface area contributed by atoms with E-state index in [2.05, 4.69) is 5.32 Å². The Morgan fingerprint density at radius 2 is 1.71 bits per heavy atom. The summed E-state index contributed by atoms with van der Waals surface area (Å²) in [6.07, 6.45) is 0. The molecule has 0 bridgehead atoms. The monoisotopic (exact) mass is 434 g/mol. The molecule has 0 aliphatic heterocycles. The molecular formula is C20H19ClN2O3S2. The van der Waals surface area contributed by atoms with Crippen LogP contribution in [-0.4, -0.2) is 32.7 Å². The van der Waals surface area contributed by atoms with Crippen LogP contribution in [0, 0.1) is 0 Å². The average molecular weight is 435 g/mol. The van der Waals surface area contributed by atoms with Gasteiger partial charge in [0.1, 0.15) is 0 Å². The van der Waals surface area contributed by atoms with Gasteiger partial charge in [0.05, 0.1) is 9.77 Å². The van der Waals surface area contributed by atoms with E-state index < -0.39 is 10.0 Å². The molecule has 0 unspecified atom stereocenters. The molecule has 3 rings (SSSR count). The number of sulfonamides is 1. The fourth-order valence-electron chi connectivity index (χ4n) is 2.59. The zero-order chi connectivity index (χ0) is 20.3. The molecule has 3 aromatic rings. The molecule has 0 aliphatic carbocycles. The average Bonchev–Trinajstić information content (AvgIpc) is 3.17. The van der Waals surface area contributed by atoms with Gasteiger partial charge in [-0.1, -0.05) is 41.9 Å². The summed E-state index contributed by atoms with van der Waals surface area (Å²) < 4.78 is 26.1. The first-order chi connectivity index (χ1) is 13.3. The summed E-state index contributed by atoms with van der Waals surface area (Å²) in [6.45, 7) is 0.121. The quantitative estimate of drug-likeness (QED) is 0.630. The Morgan fingerprint density at radius 3 is 2.39 bits per heavy atom. The van der Waals surface area contributed by atoms with Crippen molar-refractivity contribution in [3.8, 4) is 10.4 Å². The molecule has 0 saturated heterocycles. The molecule has 0 radical (unpaired) electrons. The van der Waals surface area contributed by atoms with Crippen LogP contribution in [-0.2, 0) is 16.6 Å². The van der Waals surface area contributed by atoms with Gasteiger partial charge in [0.25, 0.3) is 5.91 Å². The van der Waals surface area contributed by atoms with Gasteiger partial charge in [-0.25, -0.2) is 12.7 Å². The van der Waals surface area contributed by atoms with E-state index in [0.29, 0.717) is 15.5 Å². The highest BCUT2D eigenvalue weighted by atomic mass is 35.5. The van der Waals surface area contributed by atoms with Gasteiger partial charge in [0.15, 0.2) is 0 Å². The molecule has 0 aliphatic rings. The van der Waals surface area contributed by atoms with E-state index in [0.717, 1.165) is 14.7 Å². The van der Waals surface area contributed by atoms with Crippen molar-refractivity contribution in [2.45, 2.75) is 11.4 Å². The highest BCUT2D eigenvalue weighted by molar-refractivity contribution is 7.89. The van der Waals surface area contributed by atoms with Gasteiger partial charge in [0.2, 0.25) is 10.0 Å². The van der Waals surface area contributed by atoms with E-state index in [-0.39, 0.29) is 17.3 Å². The summed E-state index contributed by atoms with van der Waals surface area (Å²) in [5, 5.41) is 3.47. The normalized spacial score (nSPS) is 11.6. The minimum Gasteiger partial charge on any atom is -0.347 e. The summed E-state index contributed by atoms with van der Waals surface area (Å²) in [5.41, 5.74) is 1.52. The van der Waals surface area contributed by atoms with Gasteiger partial charge < -0.3 is 5.32 Å². The largest absolute Gasteiger partial charge is 0.347 e. The van der Waals surface area contributed by atoms with Crippen molar-refractivity contribution in [2.24, 2.45) is 0 Å². The Balaban J connectivity index is 1.75. The zero-order valence-corrected chi connectivity index (χ0v) is 17.7. The van der Waals surface area contributed by atoms with Crippen molar-refractivity contribution >= 4 is 38.9 Å². The fourth-order valence-corrected chi connectivity index (χ4v) is 4.76.